The first-order valence-corrected chi connectivity index (χ1v) is 7.74. The van der Waals surface area contributed by atoms with Gasteiger partial charge in [-0.15, -0.1) is 11.3 Å². The first kappa shape index (κ1) is 15.3. The van der Waals surface area contributed by atoms with Crippen molar-refractivity contribution in [1.29, 1.82) is 5.41 Å². The van der Waals surface area contributed by atoms with Crippen molar-refractivity contribution in [2.75, 3.05) is 0 Å². The van der Waals surface area contributed by atoms with E-state index in [1.807, 2.05) is 12.1 Å². The predicted molar refractivity (Wildman–Crippen MR) is 87.8 cm³/mol. The van der Waals surface area contributed by atoms with E-state index < -0.39 is 0 Å². The maximum Gasteiger partial charge on any atom is 0.268 e. The van der Waals surface area contributed by atoms with Gasteiger partial charge in [0.25, 0.3) is 5.91 Å². The number of amides is 1. The fourth-order valence-electron chi connectivity index (χ4n) is 2.40. The number of fused-ring (bicyclic) bond motifs is 1. The highest BCUT2D eigenvalue weighted by atomic mass is 32.1. The van der Waals surface area contributed by atoms with Crippen molar-refractivity contribution < 1.29 is 9.90 Å². The average molecular weight is 329 g/mol. The van der Waals surface area contributed by atoms with Crippen molar-refractivity contribution in [2.45, 2.75) is 13.2 Å². The fourth-order valence-corrected chi connectivity index (χ4v) is 3.37. The minimum absolute atomic E-state index is 0.153. The number of pyridine rings is 1. The summed E-state index contributed by atoms with van der Waals surface area (Å²) in [4.78, 5) is 20.8. The van der Waals surface area contributed by atoms with Crippen LogP contribution in [0, 0.1) is 5.41 Å². The molecule has 0 aliphatic heterocycles. The van der Waals surface area contributed by atoms with Gasteiger partial charge in [0.05, 0.1) is 11.3 Å². The number of nitrogens with one attached hydrogen (secondary N) is 2. The molecular weight excluding hydrogens is 314 g/mol. The molecule has 7 nitrogen and oxygen atoms in total. The van der Waals surface area contributed by atoms with Crippen molar-refractivity contribution >= 4 is 33.8 Å². The van der Waals surface area contributed by atoms with Crippen molar-refractivity contribution in [3.8, 4) is 0 Å². The summed E-state index contributed by atoms with van der Waals surface area (Å²) in [7, 11) is 1.73. The van der Waals surface area contributed by atoms with Gasteiger partial charge in [-0.2, -0.15) is 0 Å². The molecule has 0 atom stereocenters. The van der Waals surface area contributed by atoms with Gasteiger partial charge in [-0.25, -0.2) is 4.98 Å². The number of aromatic nitrogens is 3. The molecule has 3 aromatic heterocycles. The Morgan fingerprint density at radius 2 is 2.39 bits per heavy atom. The Labute approximate surface area is 136 Å². The maximum atomic E-state index is 12.5. The third-order valence-electron chi connectivity index (χ3n) is 3.48. The van der Waals surface area contributed by atoms with Gasteiger partial charge < -0.3 is 20.4 Å². The molecule has 0 bridgehead atoms. The molecule has 3 rings (SSSR count). The molecule has 0 spiro atoms. The summed E-state index contributed by atoms with van der Waals surface area (Å²) in [5.41, 5.74) is 2.41. The van der Waals surface area contributed by atoms with Gasteiger partial charge in [0, 0.05) is 37.8 Å². The van der Waals surface area contributed by atoms with Crippen LogP contribution in [0.15, 0.2) is 24.5 Å². The van der Waals surface area contributed by atoms with Crippen LogP contribution >= 0.6 is 11.3 Å². The molecule has 1 amide bonds. The molecule has 0 saturated heterocycles. The van der Waals surface area contributed by atoms with Gasteiger partial charge in [0.15, 0.2) is 5.65 Å². The van der Waals surface area contributed by atoms with Crippen LogP contribution in [0.1, 0.15) is 26.6 Å². The minimum atomic E-state index is -0.273. The molecule has 8 heteroatoms. The number of aliphatic hydroxyl groups excluding tert-OH is 1. The number of hydrogen-bond donors (Lipinski definition) is 3. The summed E-state index contributed by atoms with van der Waals surface area (Å²) in [6, 6.07) is 3.69. The first-order valence-electron chi connectivity index (χ1n) is 6.92. The summed E-state index contributed by atoms with van der Waals surface area (Å²) in [6.07, 6.45) is 4.52. The Hall–Kier alpha value is -2.58. The summed E-state index contributed by atoms with van der Waals surface area (Å²) in [5.74, 6) is -0.273. The average Bonchev–Trinajstić information content (AvgIpc) is 3.11. The number of rotatable bonds is 5. The van der Waals surface area contributed by atoms with E-state index in [-0.39, 0.29) is 12.5 Å². The van der Waals surface area contributed by atoms with Crippen LogP contribution < -0.4 is 5.32 Å². The molecule has 3 aromatic rings. The number of aryl methyl sites for hydroxylation is 1. The predicted octanol–water partition coefficient (Wildman–Crippen LogP) is 1.45. The Kier molecular flexibility index (Phi) is 4.18. The molecule has 3 N–H and O–H groups in total. The molecule has 23 heavy (non-hydrogen) atoms. The van der Waals surface area contributed by atoms with Crippen LogP contribution in [-0.4, -0.2) is 31.8 Å². The van der Waals surface area contributed by atoms with Crippen LogP contribution in [0.25, 0.3) is 10.3 Å². The molecule has 0 fully saturated rings. The van der Waals surface area contributed by atoms with Crippen molar-refractivity contribution in [1.82, 2.24) is 19.9 Å². The SMILES string of the molecule is Cn1c(C(=O)NCc2cccnc2)c(C=N)c2sc(CO)nc21. The van der Waals surface area contributed by atoms with E-state index >= 15 is 0 Å². The zero-order chi connectivity index (χ0) is 16.4. The number of hydrogen-bond acceptors (Lipinski definition) is 6. The zero-order valence-corrected chi connectivity index (χ0v) is 13.2. The standard InChI is InChI=1S/C15H15N5O2S/c1-20-12(15(22)18-7-9-3-2-4-17-6-9)10(5-16)13-14(20)19-11(8-21)23-13/h2-6,16,21H,7-8H2,1H3,(H,18,22). The van der Waals surface area contributed by atoms with Crippen LogP contribution in [0.3, 0.4) is 0 Å². The van der Waals surface area contributed by atoms with E-state index in [1.165, 1.54) is 11.3 Å². The molecule has 0 saturated carbocycles. The summed E-state index contributed by atoms with van der Waals surface area (Å²) >= 11 is 1.29. The fraction of sp³-hybridized carbons (Fsp3) is 0.200. The molecule has 0 radical (unpaired) electrons. The Morgan fingerprint density at radius 3 is 3.04 bits per heavy atom. The second-order valence-corrected chi connectivity index (χ2v) is 6.01. The molecule has 0 aliphatic carbocycles. The molecule has 0 aliphatic rings. The normalized spacial score (nSPS) is 10.9. The molecular formula is C15H15N5O2S. The van der Waals surface area contributed by atoms with Gasteiger partial charge in [0.1, 0.15) is 10.7 Å². The van der Waals surface area contributed by atoms with Gasteiger partial charge in [0.2, 0.25) is 0 Å². The van der Waals surface area contributed by atoms with E-state index in [0.29, 0.717) is 28.5 Å². The lowest BCUT2D eigenvalue weighted by molar-refractivity contribution is 0.0943. The van der Waals surface area contributed by atoms with Gasteiger partial charge in [-0.3, -0.25) is 9.78 Å². The zero-order valence-electron chi connectivity index (χ0n) is 12.4. The summed E-state index contributed by atoms with van der Waals surface area (Å²) in [5, 5.41) is 20.2. The monoisotopic (exact) mass is 329 g/mol. The van der Waals surface area contributed by atoms with Crippen molar-refractivity contribution in [2.24, 2.45) is 7.05 Å². The lowest BCUT2D eigenvalue weighted by Gasteiger charge is -2.07. The summed E-state index contributed by atoms with van der Waals surface area (Å²) in [6.45, 7) is 0.206. The van der Waals surface area contributed by atoms with Crippen LogP contribution in [-0.2, 0) is 20.2 Å². The molecule has 0 unspecified atom stereocenters. The van der Waals surface area contributed by atoms with Gasteiger partial charge >= 0.3 is 0 Å². The van der Waals surface area contributed by atoms with Crippen LogP contribution in [0.4, 0.5) is 0 Å². The molecule has 0 aromatic carbocycles. The highest BCUT2D eigenvalue weighted by Crippen LogP contribution is 2.29. The second-order valence-electron chi connectivity index (χ2n) is 4.93. The van der Waals surface area contributed by atoms with Gasteiger partial charge in [-0.05, 0) is 11.6 Å². The highest BCUT2D eigenvalue weighted by Gasteiger charge is 2.22. The maximum absolute atomic E-state index is 12.5. The number of nitrogens with zero attached hydrogens (tertiary/aromatic N) is 3. The smallest absolute Gasteiger partial charge is 0.268 e. The molecule has 118 valence electrons. The third-order valence-corrected chi connectivity index (χ3v) is 4.54. The van der Waals surface area contributed by atoms with E-state index in [9.17, 15) is 9.90 Å². The number of carbonyl (C=O) groups excluding carboxylic acids is 1. The molecule has 3 heterocycles. The largest absolute Gasteiger partial charge is 0.389 e. The van der Waals surface area contributed by atoms with E-state index in [0.717, 1.165) is 16.5 Å². The van der Waals surface area contributed by atoms with E-state index in [1.54, 1.807) is 24.0 Å². The first-order chi connectivity index (χ1) is 11.2. The highest BCUT2D eigenvalue weighted by molar-refractivity contribution is 7.19. The lowest BCUT2D eigenvalue weighted by atomic mass is 10.2. The van der Waals surface area contributed by atoms with E-state index in [4.69, 9.17) is 5.41 Å². The van der Waals surface area contributed by atoms with Gasteiger partial charge in [-0.1, -0.05) is 6.07 Å². The minimum Gasteiger partial charge on any atom is -0.389 e. The quantitative estimate of drug-likeness (QED) is 0.616. The lowest BCUT2D eigenvalue weighted by Crippen LogP contribution is -2.26. The van der Waals surface area contributed by atoms with Crippen LogP contribution in [0.5, 0.6) is 0 Å². The summed E-state index contributed by atoms with van der Waals surface area (Å²) < 4.78 is 2.39. The van der Waals surface area contributed by atoms with Crippen LogP contribution in [0.2, 0.25) is 0 Å². The second kappa shape index (κ2) is 6.27. The Bertz CT molecular complexity index is 869. The number of aliphatic hydroxyl groups is 1. The van der Waals surface area contributed by atoms with Crippen molar-refractivity contribution in [3.05, 3.63) is 46.4 Å². The topological polar surface area (TPSA) is 104 Å². The number of carbonyl (C=O) groups is 1. The Balaban J connectivity index is 1.92. The third kappa shape index (κ3) is 2.73. The Morgan fingerprint density at radius 1 is 1.57 bits per heavy atom. The number of thiazole rings is 1. The van der Waals surface area contributed by atoms with E-state index in [2.05, 4.69) is 15.3 Å². The van der Waals surface area contributed by atoms with Crippen molar-refractivity contribution in [3.63, 3.8) is 0 Å².